The molecule has 1 unspecified atom stereocenters. The Morgan fingerprint density at radius 1 is 1.54 bits per heavy atom. The van der Waals surface area contributed by atoms with Crippen molar-refractivity contribution < 1.29 is 9.47 Å². The molecule has 0 aromatic rings. The number of ether oxygens (including phenoxy) is 2. The quantitative estimate of drug-likeness (QED) is 0.699. The van der Waals surface area contributed by atoms with Crippen LogP contribution in [0.4, 0.5) is 0 Å². The van der Waals surface area contributed by atoms with Gasteiger partial charge < -0.3 is 9.47 Å². The summed E-state index contributed by atoms with van der Waals surface area (Å²) in [4.78, 5) is 0. The number of alkyl halides is 1. The van der Waals surface area contributed by atoms with E-state index >= 15 is 0 Å². The molecule has 0 aromatic heterocycles. The van der Waals surface area contributed by atoms with Crippen LogP contribution in [-0.2, 0) is 9.47 Å². The summed E-state index contributed by atoms with van der Waals surface area (Å²) in [6, 6.07) is 0. The predicted molar refractivity (Wildman–Crippen MR) is 57.1 cm³/mol. The summed E-state index contributed by atoms with van der Waals surface area (Å²) in [5, 5.41) is 1.06. The Morgan fingerprint density at radius 2 is 2.38 bits per heavy atom. The second kappa shape index (κ2) is 6.80. The first-order valence-electron chi connectivity index (χ1n) is 5.12. The fourth-order valence-corrected chi connectivity index (χ4v) is 1.64. The van der Waals surface area contributed by atoms with Gasteiger partial charge in [0.2, 0.25) is 0 Å². The fourth-order valence-electron chi connectivity index (χ4n) is 1.32. The highest BCUT2D eigenvalue weighted by Crippen LogP contribution is 2.15. The van der Waals surface area contributed by atoms with Crippen LogP contribution in [-0.4, -0.2) is 24.8 Å². The summed E-state index contributed by atoms with van der Waals surface area (Å²) in [5.41, 5.74) is 0. The summed E-state index contributed by atoms with van der Waals surface area (Å²) in [5.74, 6) is 0.698. The monoisotopic (exact) mass is 250 g/mol. The minimum Gasteiger partial charge on any atom is -0.353 e. The average Bonchev–Trinajstić information content (AvgIpc) is 2.19. The first kappa shape index (κ1) is 11.5. The maximum atomic E-state index is 5.61. The zero-order valence-corrected chi connectivity index (χ0v) is 9.88. The van der Waals surface area contributed by atoms with E-state index in [1.807, 2.05) is 0 Å². The Balaban J connectivity index is 1.98. The van der Waals surface area contributed by atoms with Crippen LogP contribution < -0.4 is 0 Å². The van der Waals surface area contributed by atoms with E-state index in [1.165, 1.54) is 12.8 Å². The van der Waals surface area contributed by atoms with Gasteiger partial charge in [-0.05, 0) is 31.6 Å². The second-order valence-electron chi connectivity index (χ2n) is 3.72. The first-order chi connectivity index (χ1) is 6.33. The van der Waals surface area contributed by atoms with Crippen molar-refractivity contribution in [3.05, 3.63) is 0 Å². The lowest BCUT2D eigenvalue weighted by molar-refractivity contribution is -0.163. The van der Waals surface area contributed by atoms with Gasteiger partial charge in [0, 0.05) is 11.9 Å². The third-order valence-corrected chi connectivity index (χ3v) is 3.42. The molecular formula is C10H19BrO2. The highest BCUT2D eigenvalue weighted by molar-refractivity contribution is 9.09. The smallest absolute Gasteiger partial charge is 0.157 e. The molecule has 2 atom stereocenters. The standard InChI is InChI=1S/C10H19BrO2/c1-9(8-11)5-7-13-10-4-2-3-6-12-10/h9-10H,2-8H2,1H3/t9-,10?/m0/s1. The van der Waals surface area contributed by atoms with Gasteiger partial charge in [0.15, 0.2) is 6.29 Å². The molecule has 0 aliphatic carbocycles. The Bertz CT molecular complexity index is 124. The topological polar surface area (TPSA) is 18.5 Å². The van der Waals surface area contributed by atoms with Gasteiger partial charge >= 0.3 is 0 Å². The Morgan fingerprint density at radius 3 is 3.00 bits per heavy atom. The van der Waals surface area contributed by atoms with Crippen LogP contribution in [0.15, 0.2) is 0 Å². The maximum absolute atomic E-state index is 5.61. The van der Waals surface area contributed by atoms with Gasteiger partial charge in [-0.3, -0.25) is 0 Å². The van der Waals surface area contributed by atoms with E-state index in [4.69, 9.17) is 9.47 Å². The summed E-state index contributed by atoms with van der Waals surface area (Å²) >= 11 is 3.45. The molecule has 0 N–H and O–H groups in total. The first-order valence-corrected chi connectivity index (χ1v) is 6.24. The minimum absolute atomic E-state index is 0.0799. The van der Waals surface area contributed by atoms with Gasteiger partial charge in [-0.15, -0.1) is 0 Å². The molecule has 0 spiro atoms. The lowest BCUT2D eigenvalue weighted by Gasteiger charge is -2.23. The van der Waals surface area contributed by atoms with Crippen LogP contribution >= 0.6 is 15.9 Å². The van der Waals surface area contributed by atoms with Crippen molar-refractivity contribution >= 4 is 15.9 Å². The van der Waals surface area contributed by atoms with Crippen LogP contribution in [0, 0.1) is 5.92 Å². The lowest BCUT2D eigenvalue weighted by atomic mass is 10.1. The molecule has 3 heteroatoms. The Hall–Kier alpha value is 0.400. The van der Waals surface area contributed by atoms with E-state index in [9.17, 15) is 0 Å². The van der Waals surface area contributed by atoms with Crippen molar-refractivity contribution in [3.63, 3.8) is 0 Å². The van der Waals surface area contributed by atoms with Crippen LogP contribution in [0.2, 0.25) is 0 Å². The lowest BCUT2D eigenvalue weighted by Crippen LogP contribution is -2.23. The third kappa shape index (κ3) is 4.99. The molecule has 0 bridgehead atoms. The van der Waals surface area contributed by atoms with Crippen LogP contribution in [0.5, 0.6) is 0 Å². The molecule has 13 heavy (non-hydrogen) atoms. The van der Waals surface area contributed by atoms with E-state index in [-0.39, 0.29) is 6.29 Å². The van der Waals surface area contributed by atoms with Crippen molar-refractivity contribution in [3.8, 4) is 0 Å². The van der Waals surface area contributed by atoms with Crippen molar-refractivity contribution in [2.45, 2.75) is 38.9 Å². The number of hydrogen-bond acceptors (Lipinski definition) is 2. The van der Waals surface area contributed by atoms with E-state index in [0.29, 0.717) is 5.92 Å². The molecule has 0 amide bonds. The number of halogens is 1. The van der Waals surface area contributed by atoms with Crippen molar-refractivity contribution in [2.24, 2.45) is 5.92 Å². The molecule has 1 fully saturated rings. The van der Waals surface area contributed by atoms with Gasteiger partial charge in [-0.2, -0.15) is 0 Å². The molecule has 0 radical (unpaired) electrons. The van der Waals surface area contributed by atoms with Gasteiger partial charge in [0.1, 0.15) is 0 Å². The van der Waals surface area contributed by atoms with Gasteiger partial charge in [0.25, 0.3) is 0 Å². The van der Waals surface area contributed by atoms with E-state index in [2.05, 4.69) is 22.9 Å². The summed E-state index contributed by atoms with van der Waals surface area (Å²) in [6.07, 6.45) is 4.71. The second-order valence-corrected chi connectivity index (χ2v) is 4.36. The summed E-state index contributed by atoms with van der Waals surface area (Å²) in [6.45, 7) is 3.93. The molecule has 0 saturated carbocycles. The highest BCUT2D eigenvalue weighted by Gasteiger charge is 2.13. The van der Waals surface area contributed by atoms with E-state index in [1.54, 1.807) is 0 Å². The normalized spacial score (nSPS) is 25.8. The highest BCUT2D eigenvalue weighted by atomic mass is 79.9. The zero-order chi connectivity index (χ0) is 9.52. The summed E-state index contributed by atoms with van der Waals surface area (Å²) in [7, 11) is 0. The molecule has 2 nitrogen and oxygen atoms in total. The Kier molecular flexibility index (Phi) is 6.00. The average molecular weight is 251 g/mol. The van der Waals surface area contributed by atoms with E-state index < -0.39 is 0 Å². The number of hydrogen-bond donors (Lipinski definition) is 0. The molecule has 78 valence electrons. The van der Waals surface area contributed by atoms with Gasteiger partial charge in [-0.25, -0.2) is 0 Å². The molecule has 0 aromatic carbocycles. The predicted octanol–water partition coefficient (Wildman–Crippen LogP) is 2.95. The molecule has 1 aliphatic rings. The molecule has 1 heterocycles. The molecule has 1 saturated heterocycles. The SMILES string of the molecule is C[C@H](CBr)CCOC1CCCCO1. The van der Waals surface area contributed by atoms with E-state index in [0.717, 1.165) is 31.4 Å². The van der Waals surface area contributed by atoms with Crippen LogP contribution in [0.25, 0.3) is 0 Å². The minimum atomic E-state index is 0.0799. The maximum Gasteiger partial charge on any atom is 0.157 e. The molecular weight excluding hydrogens is 232 g/mol. The van der Waals surface area contributed by atoms with Crippen molar-refractivity contribution in [1.29, 1.82) is 0 Å². The Labute approximate surface area is 89.1 Å². The molecule has 1 rings (SSSR count). The van der Waals surface area contributed by atoms with Gasteiger partial charge in [0.05, 0.1) is 6.61 Å². The zero-order valence-electron chi connectivity index (χ0n) is 8.30. The fraction of sp³-hybridized carbons (Fsp3) is 1.00. The largest absolute Gasteiger partial charge is 0.353 e. The van der Waals surface area contributed by atoms with Crippen LogP contribution in [0.1, 0.15) is 32.6 Å². The van der Waals surface area contributed by atoms with Gasteiger partial charge in [-0.1, -0.05) is 22.9 Å². The van der Waals surface area contributed by atoms with Crippen molar-refractivity contribution in [1.82, 2.24) is 0 Å². The van der Waals surface area contributed by atoms with Crippen LogP contribution in [0.3, 0.4) is 0 Å². The third-order valence-electron chi connectivity index (χ3n) is 2.32. The molecule has 1 aliphatic heterocycles. The van der Waals surface area contributed by atoms with Crippen molar-refractivity contribution in [2.75, 3.05) is 18.5 Å². The number of rotatable bonds is 5. The summed E-state index contributed by atoms with van der Waals surface area (Å²) < 4.78 is 11.1.